The molecule has 0 fully saturated rings. The van der Waals surface area contributed by atoms with Crippen LogP contribution in [-0.4, -0.2) is 13.6 Å². The van der Waals surface area contributed by atoms with E-state index in [0.29, 0.717) is 6.54 Å². The zero-order valence-corrected chi connectivity index (χ0v) is 12.1. The second-order valence-electron chi connectivity index (χ2n) is 4.67. The maximum atomic E-state index is 6.29. The Kier molecular flexibility index (Phi) is 4.46. The number of halogens is 1. The normalized spacial score (nSPS) is 12.2. The van der Waals surface area contributed by atoms with Crippen molar-refractivity contribution in [2.75, 3.05) is 18.5 Å². The maximum Gasteiger partial charge on any atom is 0.0676 e. The molecule has 2 aromatic carbocycles. The van der Waals surface area contributed by atoms with Gasteiger partial charge in [0.1, 0.15) is 0 Å². The van der Waals surface area contributed by atoms with Crippen LogP contribution in [0.5, 0.6) is 0 Å². The summed E-state index contributed by atoms with van der Waals surface area (Å²) in [5.74, 6) is 0. The van der Waals surface area contributed by atoms with E-state index in [1.807, 2.05) is 36.4 Å². The van der Waals surface area contributed by atoms with E-state index in [4.69, 9.17) is 17.3 Å². The molecule has 0 radical (unpaired) electrons. The van der Waals surface area contributed by atoms with Gasteiger partial charge < -0.3 is 10.6 Å². The van der Waals surface area contributed by atoms with E-state index in [1.54, 1.807) is 0 Å². The summed E-state index contributed by atoms with van der Waals surface area (Å²) in [6, 6.07) is 16.2. The number of hydrogen-bond acceptors (Lipinski definition) is 2. The zero-order chi connectivity index (χ0) is 13.8. The van der Waals surface area contributed by atoms with Crippen LogP contribution in [0, 0.1) is 6.92 Å². The Hall–Kier alpha value is -1.51. The first-order valence-corrected chi connectivity index (χ1v) is 6.76. The molecule has 2 N–H and O–H groups in total. The van der Waals surface area contributed by atoms with Gasteiger partial charge in [-0.1, -0.05) is 48.0 Å². The van der Waals surface area contributed by atoms with Gasteiger partial charge in [-0.25, -0.2) is 0 Å². The Bertz CT molecular complexity index is 554. The highest BCUT2D eigenvalue weighted by Crippen LogP contribution is 2.30. The van der Waals surface area contributed by atoms with E-state index in [0.717, 1.165) is 10.6 Å². The molecule has 1 unspecified atom stereocenters. The van der Waals surface area contributed by atoms with E-state index in [-0.39, 0.29) is 6.04 Å². The Morgan fingerprint density at radius 1 is 1.11 bits per heavy atom. The quantitative estimate of drug-likeness (QED) is 0.919. The first-order chi connectivity index (χ1) is 9.15. The summed E-state index contributed by atoms with van der Waals surface area (Å²) in [6.45, 7) is 2.63. The predicted octanol–water partition coefficient (Wildman–Crippen LogP) is 3.78. The molecule has 2 rings (SSSR count). The highest BCUT2D eigenvalue weighted by atomic mass is 35.5. The molecule has 1 atom stereocenters. The van der Waals surface area contributed by atoms with Crippen molar-refractivity contribution in [2.24, 2.45) is 5.73 Å². The largest absolute Gasteiger partial charge is 0.366 e. The van der Waals surface area contributed by atoms with Crippen molar-refractivity contribution in [3.05, 3.63) is 64.7 Å². The first-order valence-electron chi connectivity index (χ1n) is 6.38. The lowest BCUT2D eigenvalue weighted by Gasteiger charge is -2.31. The average molecular weight is 275 g/mol. The lowest BCUT2D eigenvalue weighted by Crippen LogP contribution is -2.31. The Morgan fingerprint density at radius 2 is 1.74 bits per heavy atom. The van der Waals surface area contributed by atoms with Crippen molar-refractivity contribution >= 4 is 17.3 Å². The molecule has 0 amide bonds. The number of para-hydroxylation sites is 1. The van der Waals surface area contributed by atoms with Gasteiger partial charge in [-0.05, 0) is 30.2 Å². The fraction of sp³-hybridized carbons (Fsp3) is 0.250. The fourth-order valence-corrected chi connectivity index (χ4v) is 2.63. The molecule has 0 aliphatic carbocycles. The molecule has 0 aliphatic heterocycles. The molecule has 3 heteroatoms. The standard InChI is InChI=1S/C16H19ClN2/c1-12-7-3-6-10-15(12)19(2)16(11-18)13-8-4-5-9-14(13)17/h3-10,16H,11,18H2,1-2H3. The first kappa shape index (κ1) is 13.9. The van der Waals surface area contributed by atoms with Crippen LogP contribution in [0.4, 0.5) is 5.69 Å². The molecule has 0 spiro atoms. The number of likely N-dealkylation sites (N-methyl/N-ethyl adjacent to an activating group) is 1. The number of nitrogens with two attached hydrogens (primary N) is 1. The second-order valence-corrected chi connectivity index (χ2v) is 5.08. The third kappa shape index (κ3) is 2.91. The molecule has 0 aromatic heterocycles. The van der Waals surface area contributed by atoms with Crippen molar-refractivity contribution in [2.45, 2.75) is 13.0 Å². The van der Waals surface area contributed by atoms with Gasteiger partial charge in [-0.15, -0.1) is 0 Å². The fourth-order valence-electron chi connectivity index (χ4n) is 2.37. The van der Waals surface area contributed by atoms with Crippen LogP contribution in [0.25, 0.3) is 0 Å². The molecule has 0 heterocycles. The van der Waals surface area contributed by atoms with E-state index < -0.39 is 0 Å². The van der Waals surface area contributed by atoms with Gasteiger partial charge in [0.15, 0.2) is 0 Å². The van der Waals surface area contributed by atoms with Crippen LogP contribution >= 0.6 is 11.6 Å². The van der Waals surface area contributed by atoms with Gasteiger partial charge in [0.25, 0.3) is 0 Å². The minimum atomic E-state index is 0.0785. The Balaban J connectivity index is 2.38. The van der Waals surface area contributed by atoms with Crippen LogP contribution in [0.2, 0.25) is 5.02 Å². The van der Waals surface area contributed by atoms with Crippen molar-refractivity contribution in [1.29, 1.82) is 0 Å². The Labute approximate surface area is 119 Å². The van der Waals surface area contributed by atoms with Gasteiger partial charge in [0.05, 0.1) is 6.04 Å². The summed E-state index contributed by atoms with van der Waals surface area (Å²) in [7, 11) is 2.06. The topological polar surface area (TPSA) is 29.3 Å². The Morgan fingerprint density at radius 3 is 2.37 bits per heavy atom. The summed E-state index contributed by atoms with van der Waals surface area (Å²) >= 11 is 6.29. The van der Waals surface area contributed by atoms with Crippen LogP contribution in [0.1, 0.15) is 17.2 Å². The molecule has 0 bridgehead atoms. The van der Waals surface area contributed by atoms with Gasteiger partial charge in [-0.2, -0.15) is 0 Å². The van der Waals surface area contributed by atoms with Gasteiger partial charge in [0.2, 0.25) is 0 Å². The molecular formula is C16H19ClN2. The number of hydrogen-bond donors (Lipinski definition) is 1. The summed E-state index contributed by atoms with van der Waals surface area (Å²) < 4.78 is 0. The summed E-state index contributed by atoms with van der Waals surface area (Å²) in [6.07, 6.45) is 0. The molecule has 0 saturated carbocycles. The van der Waals surface area contributed by atoms with Gasteiger partial charge >= 0.3 is 0 Å². The minimum absolute atomic E-state index is 0.0785. The molecule has 0 saturated heterocycles. The number of anilines is 1. The highest BCUT2D eigenvalue weighted by molar-refractivity contribution is 6.31. The molecule has 100 valence electrons. The summed E-state index contributed by atoms with van der Waals surface area (Å²) in [4.78, 5) is 2.19. The predicted molar refractivity (Wildman–Crippen MR) is 82.8 cm³/mol. The smallest absolute Gasteiger partial charge is 0.0676 e. The maximum absolute atomic E-state index is 6.29. The van der Waals surface area contributed by atoms with Crippen LogP contribution in [-0.2, 0) is 0 Å². The third-order valence-electron chi connectivity index (χ3n) is 3.45. The lowest BCUT2D eigenvalue weighted by molar-refractivity contribution is 0.679. The number of aryl methyl sites for hydroxylation is 1. The molecule has 2 nitrogen and oxygen atoms in total. The number of rotatable bonds is 4. The van der Waals surface area contributed by atoms with Crippen LogP contribution in [0.3, 0.4) is 0 Å². The van der Waals surface area contributed by atoms with Crippen LogP contribution < -0.4 is 10.6 Å². The van der Waals surface area contributed by atoms with Crippen molar-refractivity contribution in [1.82, 2.24) is 0 Å². The average Bonchev–Trinajstić information content (AvgIpc) is 2.42. The number of benzene rings is 2. The van der Waals surface area contributed by atoms with Crippen molar-refractivity contribution in [3.8, 4) is 0 Å². The van der Waals surface area contributed by atoms with E-state index in [1.165, 1.54) is 11.3 Å². The van der Waals surface area contributed by atoms with E-state index in [2.05, 4.69) is 31.0 Å². The third-order valence-corrected chi connectivity index (χ3v) is 3.79. The van der Waals surface area contributed by atoms with Crippen molar-refractivity contribution < 1.29 is 0 Å². The van der Waals surface area contributed by atoms with E-state index in [9.17, 15) is 0 Å². The summed E-state index contributed by atoms with van der Waals surface area (Å²) in [5.41, 5.74) is 9.44. The van der Waals surface area contributed by atoms with Gasteiger partial charge in [0, 0.05) is 24.3 Å². The molecule has 19 heavy (non-hydrogen) atoms. The molecular weight excluding hydrogens is 256 g/mol. The van der Waals surface area contributed by atoms with Crippen LogP contribution in [0.15, 0.2) is 48.5 Å². The minimum Gasteiger partial charge on any atom is -0.366 e. The number of nitrogens with zero attached hydrogens (tertiary/aromatic N) is 1. The van der Waals surface area contributed by atoms with Crippen molar-refractivity contribution in [3.63, 3.8) is 0 Å². The SMILES string of the molecule is Cc1ccccc1N(C)C(CN)c1ccccc1Cl. The lowest BCUT2D eigenvalue weighted by atomic mass is 10.0. The zero-order valence-electron chi connectivity index (χ0n) is 11.3. The van der Waals surface area contributed by atoms with E-state index >= 15 is 0 Å². The molecule has 0 aliphatic rings. The highest BCUT2D eigenvalue weighted by Gasteiger charge is 2.19. The molecule has 2 aromatic rings. The second kappa shape index (κ2) is 6.09. The monoisotopic (exact) mass is 274 g/mol. The van der Waals surface area contributed by atoms with Gasteiger partial charge in [-0.3, -0.25) is 0 Å². The summed E-state index contributed by atoms with van der Waals surface area (Å²) in [5, 5.41) is 0.762.